The van der Waals surface area contributed by atoms with Crippen molar-refractivity contribution < 1.29 is 0 Å². The minimum atomic E-state index is 0.783. The zero-order valence-electron chi connectivity index (χ0n) is 10.0. The van der Waals surface area contributed by atoms with Gasteiger partial charge in [-0.1, -0.05) is 46.3 Å². The molecule has 0 unspecified atom stereocenters. The fourth-order valence-electron chi connectivity index (χ4n) is 1.14. The Labute approximate surface area is 122 Å². The zero-order valence-corrected chi connectivity index (χ0v) is 13.3. The molecule has 0 saturated carbocycles. The molecule has 0 atom stereocenters. The van der Waals surface area contributed by atoms with Crippen LogP contribution in [0.5, 0.6) is 0 Å². The van der Waals surface area contributed by atoms with Crippen LogP contribution in [0.15, 0.2) is 8.68 Å². The highest BCUT2D eigenvalue weighted by Gasteiger charge is 2.10. The second-order valence-corrected chi connectivity index (χ2v) is 7.31. The van der Waals surface area contributed by atoms with Crippen LogP contribution in [0.1, 0.15) is 19.0 Å². The number of aromatic nitrogens is 4. The van der Waals surface area contributed by atoms with Crippen molar-refractivity contribution in [3.05, 3.63) is 5.69 Å². The Balaban J connectivity index is 1.91. The summed E-state index contributed by atoms with van der Waals surface area (Å²) in [5.41, 5.74) is 0.999. The molecule has 2 rings (SSSR count). The summed E-state index contributed by atoms with van der Waals surface area (Å²) in [4.78, 5) is 0. The predicted molar refractivity (Wildman–Crippen MR) is 79.9 cm³/mol. The highest BCUT2D eigenvalue weighted by Crippen LogP contribution is 2.31. The van der Waals surface area contributed by atoms with Crippen LogP contribution in [0.25, 0.3) is 0 Å². The molecule has 2 aromatic heterocycles. The van der Waals surface area contributed by atoms with Gasteiger partial charge in [-0.15, -0.1) is 15.3 Å². The molecule has 0 amide bonds. The average Bonchev–Trinajstić information content (AvgIpc) is 3.02. The lowest BCUT2D eigenvalue weighted by atomic mass is 10.4. The Kier molecular flexibility index (Phi) is 5.67. The molecule has 0 aliphatic carbocycles. The van der Waals surface area contributed by atoms with Crippen molar-refractivity contribution >= 4 is 51.4 Å². The van der Waals surface area contributed by atoms with Crippen LogP contribution in [0.3, 0.4) is 0 Å². The maximum Gasteiger partial charge on any atom is 0.175 e. The lowest BCUT2D eigenvalue weighted by molar-refractivity contribution is 0.954. The molecule has 2 aromatic rings. The van der Waals surface area contributed by atoms with Gasteiger partial charge in [0.05, 0.1) is 0 Å². The summed E-state index contributed by atoms with van der Waals surface area (Å²) in [5.74, 6) is 0.783. The van der Waals surface area contributed by atoms with E-state index in [0.717, 1.165) is 38.1 Å². The zero-order chi connectivity index (χ0) is 12.8. The van der Waals surface area contributed by atoms with Crippen LogP contribution in [0.2, 0.25) is 0 Å². The first-order valence-electron chi connectivity index (χ1n) is 5.39. The van der Waals surface area contributed by atoms with E-state index in [4.69, 9.17) is 0 Å². The maximum atomic E-state index is 4.15. The van der Waals surface area contributed by atoms with Gasteiger partial charge in [0.2, 0.25) is 0 Å². The Bertz CT molecular complexity index is 483. The predicted octanol–water partition coefficient (Wildman–Crippen LogP) is 3.23. The molecular formula is C9H13N5S4. The highest BCUT2D eigenvalue weighted by atomic mass is 32.2. The topological polar surface area (TPSA) is 63.6 Å². The molecule has 0 saturated heterocycles. The molecule has 2 heterocycles. The fourth-order valence-corrected chi connectivity index (χ4v) is 4.21. The second kappa shape index (κ2) is 7.27. The number of thioether (sulfide) groups is 2. The lowest BCUT2D eigenvalue weighted by Crippen LogP contribution is -2.00. The molecule has 0 fully saturated rings. The molecule has 0 aliphatic rings. The van der Waals surface area contributed by atoms with Crippen molar-refractivity contribution in [2.45, 2.75) is 27.8 Å². The minimum Gasteiger partial charge on any atom is -0.374 e. The fraction of sp³-hybridized carbons (Fsp3) is 0.556. The maximum absolute atomic E-state index is 4.15. The summed E-state index contributed by atoms with van der Waals surface area (Å²) < 4.78 is 5.97. The number of rotatable bonds is 7. The number of hydrogen-bond acceptors (Lipinski definition) is 9. The summed E-state index contributed by atoms with van der Waals surface area (Å²) in [6.07, 6.45) is 3.10. The third kappa shape index (κ3) is 3.81. The molecule has 0 spiro atoms. The van der Waals surface area contributed by atoms with Gasteiger partial charge >= 0.3 is 0 Å². The van der Waals surface area contributed by atoms with Gasteiger partial charge in [0, 0.05) is 23.8 Å². The van der Waals surface area contributed by atoms with Crippen LogP contribution < -0.4 is 5.32 Å². The van der Waals surface area contributed by atoms with Crippen molar-refractivity contribution in [1.29, 1.82) is 0 Å². The molecule has 9 heteroatoms. The van der Waals surface area contributed by atoms with Gasteiger partial charge in [-0.2, -0.15) is 0 Å². The average molecular weight is 320 g/mol. The molecule has 0 aromatic carbocycles. The minimum absolute atomic E-state index is 0.783. The van der Waals surface area contributed by atoms with Crippen LogP contribution >= 0.6 is 46.4 Å². The van der Waals surface area contributed by atoms with E-state index in [0.29, 0.717) is 0 Å². The number of nitrogens with zero attached hydrogens (tertiary/aromatic N) is 4. The van der Waals surface area contributed by atoms with Crippen molar-refractivity contribution in [3.8, 4) is 0 Å². The van der Waals surface area contributed by atoms with Crippen LogP contribution in [0.4, 0.5) is 5.00 Å². The first-order valence-corrected chi connectivity index (χ1v) is 9.19. The quantitative estimate of drug-likeness (QED) is 0.786. The standard InChI is InChI=1S/C9H13N5S4/c1-3-4-10-7-6(11-14-18-7)5-16-9-13-12-8(15-2)17-9/h10H,3-5H2,1-2H3. The highest BCUT2D eigenvalue weighted by molar-refractivity contribution is 8.02. The molecule has 0 bridgehead atoms. The van der Waals surface area contributed by atoms with Crippen molar-refractivity contribution in [3.63, 3.8) is 0 Å². The van der Waals surface area contributed by atoms with E-state index >= 15 is 0 Å². The number of hydrogen-bond donors (Lipinski definition) is 1. The Morgan fingerprint density at radius 3 is 2.78 bits per heavy atom. The van der Waals surface area contributed by atoms with Gasteiger partial charge < -0.3 is 5.32 Å². The van der Waals surface area contributed by atoms with Gasteiger partial charge in [0.15, 0.2) is 8.68 Å². The normalized spacial score (nSPS) is 10.8. The summed E-state index contributed by atoms with van der Waals surface area (Å²) in [6, 6.07) is 0. The molecule has 0 aliphatic heterocycles. The molecular weight excluding hydrogens is 306 g/mol. The van der Waals surface area contributed by atoms with Gasteiger partial charge in [-0.05, 0) is 12.7 Å². The van der Waals surface area contributed by atoms with Crippen LogP contribution in [-0.4, -0.2) is 32.6 Å². The second-order valence-electron chi connectivity index (χ2n) is 3.30. The summed E-state index contributed by atoms with van der Waals surface area (Å²) >= 11 is 6.31. The van der Waals surface area contributed by atoms with E-state index in [1.165, 1.54) is 11.5 Å². The van der Waals surface area contributed by atoms with Gasteiger partial charge in [0.25, 0.3) is 0 Å². The van der Waals surface area contributed by atoms with Crippen molar-refractivity contribution in [2.24, 2.45) is 0 Å². The van der Waals surface area contributed by atoms with Crippen molar-refractivity contribution in [2.75, 3.05) is 18.1 Å². The van der Waals surface area contributed by atoms with Crippen LogP contribution in [0, 0.1) is 0 Å². The van der Waals surface area contributed by atoms with E-state index in [9.17, 15) is 0 Å². The summed E-state index contributed by atoms with van der Waals surface area (Å²) in [7, 11) is 0. The largest absolute Gasteiger partial charge is 0.374 e. The third-order valence-electron chi connectivity index (χ3n) is 1.99. The number of anilines is 1. The number of nitrogens with one attached hydrogen (secondary N) is 1. The first kappa shape index (κ1) is 14.0. The summed E-state index contributed by atoms with van der Waals surface area (Å²) in [5, 5.41) is 16.7. The Hall–Kier alpha value is -0.380. The van der Waals surface area contributed by atoms with E-state index < -0.39 is 0 Å². The van der Waals surface area contributed by atoms with E-state index in [1.807, 2.05) is 6.26 Å². The van der Waals surface area contributed by atoms with Gasteiger partial charge in [0.1, 0.15) is 10.7 Å². The smallest absolute Gasteiger partial charge is 0.175 e. The SMILES string of the molecule is CCCNc1snnc1CSc1nnc(SC)s1. The van der Waals surface area contributed by atoms with Crippen LogP contribution in [-0.2, 0) is 5.75 Å². The molecule has 18 heavy (non-hydrogen) atoms. The third-order valence-corrected chi connectivity index (χ3v) is 5.76. The lowest BCUT2D eigenvalue weighted by Gasteiger charge is -2.01. The van der Waals surface area contributed by atoms with Gasteiger partial charge in [-0.25, -0.2) is 0 Å². The molecule has 1 N–H and O–H groups in total. The monoisotopic (exact) mass is 319 g/mol. The molecule has 98 valence electrons. The first-order chi connectivity index (χ1) is 8.83. The Morgan fingerprint density at radius 1 is 1.22 bits per heavy atom. The van der Waals surface area contributed by atoms with Gasteiger partial charge in [-0.3, -0.25) is 0 Å². The Morgan fingerprint density at radius 2 is 2.06 bits per heavy atom. The van der Waals surface area contributed by atoms with E-state index in [-0.39, 0.29) is 0 Å². The van der Waals surface area contributed by atoms with E-state index in [1.54, 1.807) is 34.9 Å². The van der Waals surface area contributed by atoms with Crippen molar-refractivity contribution in [1.82, 2.24) is 19.8 Å². The molecule has 5 nitrogen and oxygen atoms in total. The molecule has 0 radical (unpaired) electrons. The summed E-state index contributed by atoms with van der Waals surface area (Å²) in [6.45, 7) is 3.10. The van der Waals surface area contributed by atoms with E-state index in [2.05, 4.69) is 32.0 Å².